The molecule has 1 atom stereocenters. The number of hydrogen-bond acceptors (Lipinski definition) is 3. The lowest BCUT2D eigenvalue weighted by atomic mass is 10.0. The third kappa shape index (κ3) is 4.66. The fourth-order valence-corrected chi connectivity index (χ4v) is 5.62. The summed E-state index contributed by atoms with van der Waals surface area (Å²) < 4.78 is 28.5. The Kier molecular flexibility index (Phi) is 6.26. The van der Waals surface area contributed by atoms with Crippen LogP contribution in [0.3, 0.4) is 0 Å². The highest BCUT2D eigenvalue weighted by Gasteiger charge is 2.22. The van der Waals surface area contributed by atoms with Gasteiger partial charge in [-0.1, -0.05) is 48.0 Å². The summed E-state index contributed by atoms with van der Waals surface area (Å²) in [5.74, 6) is -0.359. The summed E-state index contributed by atoms with van der Waals surface area (Å²) in [7, 11) is -3.97. The molecular formula is C25H25ClN2O3S. The van der Waals surface area contributed by atoms with E-state index in [1.165, 1.54) is 29.3 Å². The average Bonchev–Trinajstić information content (AvgIpc) is 3.23. The first-order valence-electron chi connectivity index (χ1n) is 10.5. The van der Waals surface area contributed by atoms with Crippen LogP contribution in [-0.4, -0.2) is 14.3 Å². The Morgan fingerprint density at radius 1 is 1.00 bits per heavy atom. The molecule has 0 saturated heterocycles. The number of carbonyl (C=O) groups is 1. The predicted octanol–water partition coefficient (Wildman–Crippen LogP) is 5.43. The van der Waals surface area contributed by atoms with E-state index in [4.69, 9.17) is 11.6 Å². The second kappa shape index (κ2) is 8.96. The molecule has 0 bridgehead atoms. The molecule has 5 nitrogen and oxygen atoms in total. The number of halogens is 1. The van der Waals surface area contributed by atoms with Crippen molar-refractivity contribution in [3.63, 3.8) is 0 Å². The zero-order valence-electron chi connectivity index (χ0n) is 18.0. The molecule has 0 heterocycles. The zero-order chi connectivity index (χ0) is 22.9. The van der Waals surface area contributed by atoms with E-state index < -0.39 is 10.0 Å². The minimum absolute atomic E-state index is 0.0503. The van der Waals surface area contributed by atoms with E-state index in [-0.39, 0.29) is 27.4 Å². The highest BCUT2D eigenvalue weighted by atomic mass is 35.5. The normalized spacial score (nSPS) is 14.0. The summed E-state index contributed by atoms with van der Waals surface area (Å²) in [6, 6.07) is 17.4. The molecule has 1 unspecified atom stereocenters. The summed E-state index contributed by atoms with van der Waals surface area (Å²) >= 11 is 6.20. The van der Waals surface area contributed by atoms with E-state index in [1.54, 1.807) is 12.1 Å². The fraction of sp³-hybridized carbons (Fsp3) is 0.240. The minimum atomic E-state index is -3.97. The smallest absolute Gasteiger partial charge is 0.263 e. The van der Waals surface area contributed by atoms with Crippen molar-refractivity contribution in [1.29, 1.82) is 0 Å². The molecule has 166 valence electrons. The van der Waals surface area contributed by atoms with E-state index in [1.807, 2.05) is 32.0 Å². The van der Waals surface area contributed by atoms with Gasteiger partial charge >= 0.3 is 0 Å². The number of amides is 1. The van der Waals surface area contributed by atoms with E-state index in [0.717, 1.165) is 30.4 Å². The summed E-state index contributed by atoms with van der Waals surface area (Å²) in [6.07, 6.45) is 3.34. The highest BCUT2D eigenvalue weighted by Crippen LogP contribution is 2.28. The van der Waals surface area contributed by atoms with Crippen molar-refractivity contribution < 1.29 is 13.2 Å². The lowest BCUT2D eigenvalue weighted by Crippen LogP contribution is -2.27. The Balaban J connectivity index is 1.55. The summed E-state index contributed by atoms with van der Waals surface area (Å²) in [5, 5.41) is 3.01. The van der Waals surface area contributed by atoms with E-state index in [2.05, 4.69) is 22.2 Å². The van der Waals surface area contributed by atoms with Gasteiger partial charge in [-0.25, -0.2) is 8.42 Å². The van der Waals surface area contributed by atoms with Crippen LogP contribution < -0.4 is 10.0 Å². The van der Waals surface area contributed by atoms with Crippen LogP contribution in [0.4, 0.5) is 5.69 Å². The monoisotopic (exact) mass is 468 g/mol. The number of nitrogens with one attached hydrogen (secondary N) is 2. The van der Waals surface area contributed by atoms with Crippen LogP contribution in [0, 0.1) is 6.92 Å². The number of hydrogen-bond donors (Lipinski definition) is 2. The first-order chi connectivity index (χ1) is 15.2. The van der Waals surface area contributed by atoms with Gasteiger partial charge < -0.3 is 5.32 Å². The Hall–Kier alpha value is -2.83. The standard InChI is InChI=1S/C25H25ClN2O3S/c1-16-6-3-4-9-23(16)28-32(30,31)24-15-21(12-13-22(24)26)25(29)27-17(2)19-11-10-18-7-5-8-20(18)14-19/h3-4,6,9-15,17,28H,5,7-8H2,1-2H3,(H,27,29). The number of rotatable bonds is 6. The van der Waals surface area contributed by atoms with Crippen molar-refractivity contribution in [2.75, 3.05) is 4.72 Å². The Morgan fingerprint density at radius 2 is 1.75 bits per heavy atom. The van der Waals surface area contributed by atoms with Gasteiger partial charge in [0.15, 0.2) is 0 Å². The van der Waals surface area contributed by atoms with E-state index in [0.29, 0.717) is 5.69 Å². The molecule has 3 aromatic carbocycles. The number of fused-ring (bicyclic) bond motifs is 1. The zero-order valence-corrected chi connectivity index (χ0v) is 19.6. The predicted molar refractivity (Wildman–Crippen MR) is 128 cm³/mol. The quantitative estimate of drug-likeness (QED) is 0.506. The molecule has 1 amide bonds. The molecule has 2 N–H and O–H groups in total. The van der Waals surface area contributed by atoms with Gasteiger partial charge in [-0.2, -0.15) is 0 Å². The molecule has 0 spiro atoms. The lowest BCUT2D eigenvalue weighted by Gasteiger charge is -2.17. The van der Waals surface area contributed by atoms with Gasteiger partial charge in [0.2, 0.25) is 0 Å². The molecule has 1 aliphatic rings. The summed E-state index contributed by atoms with van der Waals surface area (Å²) in [4.78, 5) is 12.8. The summed E-state index contributed by atoms with van der Waals surface area (Å²) in [6.45, 7) is 3.73. The van der Waals surface area contributed by atoms with Gasteiger partial charge in [-0.05, 0) is 79.6 Å². The van der Waals surface area contributed by atoms with Crippen LogP contribution in [0.25, 0.3) is 0 Å². The van der Waals surface area contributed by atoms with Crippen molar-refractivity contribution in [1.82, 2.24) is 5.32 Å². The van der Waals surface area contributed by atoms with Crippen molar-refractivity contribution in [3.8, 4) is 0 Å². The van der Waals surface area contributed by atoms with Crippen LogP contribution in [-0.2, 0) is 22.9 Å². The maximum Gasteiger partial charge on any atom is 0.263 e. The molecule has 0 aliphatic heterocycles. The Labute approximate surface area is 193 Å². The molecule has 3 aromatic rings. The third-order valence-electron chi connectivity index (χ3n) is 5.84. The molecule has 7 heteroatoms. The Morgan fingerprint density at radius 3 is 2.53 bits per heavy atom. The molecule has 0 aromatic heterocycles. The number of anilines is 1. The average molecular weight is 469 g/mol. The lowest BCUT2D eigenvalue weighted by molar-refractivity contribution is 0.0939. The molecule has 0 fully saturated rings. The van der Waals surface area contributed by atoms with Gasteiger partial charge in [0.1, 0.15) is 4.90 Å². The van der Waals surface area contributed by atoms with Gasteiger partial charge in [0, 0.05) is 5.56 Å². The van der Waals surface area contributed by atoms with Gasteiger partial charge in [0.25, 0.3) is 15.9 Å². The minimum Gasteiger partial charge on any atom is -0.346 e. The molecule has 0 radical (unpaired) electrons. The molecule has 0 saturated carbocycles. The van der Waals surface area contributed by atoms with Crippen molar-refractivity contribution >= 4 is 33.2 Å². The third-order valence-corrected chi connectivity index (χ3v) is 7.69. The van der Waals surface area contributed by atoms with Crippen LogP contribution in [0.5, 0.6) is 0 Å². The van der Waals surface area contributed by atoms with Crippen LogP contribution in [0.15, 0.2) is 65.6 Å². The van der Waals surface area contributed by atoms with Crippen molar-refractivity contribution in [2.45, 2.75) is 44.0 Å². The highest BCUT2D eigenvalue weighted by molar-refractivity contribution is 7.92. The van der Waals surface area contributed by atoms with E-state index in [9.17, 15) is 13.2 Å². The van der Waals surface area contributed by atoms with Crippen molar-refractivity contribution in [2.24, 2.45) is 0 Å². The van der Waals surface area contributed by atoms with Gasteiger partial charge in [-0.3, -0.25) is 9.52 Å². The number of aryl methyl sites for hydroxylation is 3. The molecule has 32 heavy (non-hydrogen) atoms. The number of sulfonamides is 1. The number of carbonyl (C=O) groups excluding carboxylic acids is 1. The topological polar surface area (TPSA) is 75.3 Å². The van der Waals surface area contributed by atoms with Crippen LogP contribution in [0.2, 0.25) is 5.02 Å². The first-order valence-corrected chi connectivity index (χ1v) is 12.4. The number of benzene rings is 3. The van der Waals surface area contributed by atoms with Gasteiger partial charge in [0.05, 0.1) is 16.8 Å². The maximum atomic E-state index is 13.0. The van der Waals surface area contributed by atoms with Crippen molar-refractivity contribution in [3.05, 3.63) is 93.5 Å². The van der Waals surface area contributed by atoms with E-state index >= 15 is 0 Å². The second-order valence-electron chi connectivity index (χ2n) is 8.14. The second-order valence-corrected chi connectivity index (χ2v) is 10.2. The number of para-hydroxylation sites is 1. The Bertz CT molecular complexity index is 1290. The summed E-state index contributed by atoms with van der Waals surface area (Å²) in [5.41, 5.74) is 5.22. The molecule has 4 rings (SSSR count). The fourth-order valence-electron chi connectivity index (χ4n) is 3.96. The van der Waals surface area contributed by atoms with Crippen LogP contribution in [0.1, 0.15) is 52.0 Å². The van der Waals surface area contributed by atoms with Crippen LogP contribution >= 0.6 is 11.6 Å². The molecular weight excluding hydrogens is 444 g/mol. The SMILES string of the molecule is Cc1ccccc1NS(=O)(=O)c1cc(C(=O)NC(C)c2ccc3c(c2)CCC3)ccc1Cl. The maximum absolute atomic E-state index is 13.0. The first kappa shape index (κ1) is 22.4. The molecule has 1 aliphatic carbocycles. The van der Waals surface area contributed by atoms with Gasteiger partial charge in [-0.15, -0.1) is 0 Å². The largest absolute Gasteiger partial charge is 0.346 e.